The summed E-state index contributed by atoms with van der Waals surface area (Å²) in [4.78, 5) is 29.9. The van der Waals surface area contributed by atoms with E-state index in [0.29, 0.717) is 36.7 Å². The van der Waals surface area contributed by atoms with Crippen LogP contribution in [0.2, 0.25) is 0 Å². The van der Waals surface area contributed by atoms with Crippen LogP contribution < -0.4 is 11.2 Å². The minimum Gasteiger partial charge on any atom is -0.394 e. The van der Waals surface area contributed by atoms with Gasteiger partial charge in [-0.2, -0.15) is 0 Å². The van der Waals surface area contributed by atoms with E-state index in [1.165, 1.54) is 13.2 Å². The fourth-order valence-corrected chi connectivity index (χ4v) is 4.55. The maximum Gasteiger partial charge on any atom is 0.332 e. The number of ether oxygens (including phenoxy) is 2. The molecule has 0 spiro atoms. The van der Waals surface area contributed by atoms with Crippen LogP contribution in [0.4, 0.5) is 0 Å². The fourth-order valence-electron chi connectivity index (χ4n) is 4.55. The molecule has 2 aliphatic heterocycles. The van der Waals surface area contributed by atoms with Gasteiger partial charge in [0.2, 0.25) is 0 Å². The molecule has 3 aromatic rings. The Bertz CT molecular complexity index is 1300. The normalized spacial score (nSPS) is 23.2. The molecule has 0 radical (unpaired) electrons. The largest absolute Gasteiger partial charge is 0.394 e. The molecule has 5 heterocycles. The average molecular weight is 447 g/mol. The molecular weight excluding hydrogens is 422 g/mol. The van der Waals surface area contributed by atoms with Gasteiger partial charge in [0.05, 0.1) is 19.3 Å². The van der Waals surface area contributed by atoms with Gasteiger partial charge < -0.3 is 24.3 Å². The molecule has 0 saturated carbocycles. The van der Waals surface area contributed by atoms with Gasteiger partial charge in [-0.15, -0.1) is 5.10 Å². The first-order valence-electron chi connectivity index (χ1n) is 10.5. The van der Waals surface area contributed by atoms with Crippen molar-refractivity contribution in [3.05, 3.63) is 27.0 Å². The van der Waals surface area contributed by atoms with Crippen molar-refractivity contribution >= 4 is 11.2 Å². The fraction of sp³-hybridized carbons (Fsp3) is 0.632. The van der Waals surface area contributed by atoms with E-state index >= 15 is 0 Å². The number of nitrogens with zero attached hydrogens (tertiary/aromatic N) is 7. The molecule has 13 nitrogen and oxygen atoms in total. The van der Waals surface area contributed by atoms with E-state index in [-0.39, 0.29) is 17.8 Å². The molecule has 1 unspecified atom stereocenters. The molecule has 3 aromatic heterocycles. The smallest absolute Gasteiger partial charge is 0.332 e. The lowest BCUT2D eigenvalue weighted by molar-refractivity contribution is -0.157. The van der Waals surface area contributed by atoms with E-state index in [1.54, 1.807) is 23.1 Å². The van der Waals surface area contributed by atoms with Crippen LogP contribution in [-0.4, -0.2) is 74.6 Å². The van der Waals surface area contributed by atoms with Crippen molar-refractivity contribution in [1.29, 1.82) is 0 Å². The highest BCUT2D eigenvalue weighted by Crippen LogP contribution is 2.32. The van der Waals surface area contributed by atoms with Crippen molar-refractivity contribution in [3.8, 4) is 11.5 Å². The van der Waals surface area contributed by atoms with Gasteiger partial charge in [0.1, 0.15) is 24.0 Å². The van der Waals surface area contributed by atoms with Gasteiger partial charge in [-0.1, -0.05) is 5.21 Å². The highest BCUT2D eigenvalue weighted by Gasteiger charge is 2.45. The highest BCUT2D eigenvalue weighted by molar-refractivity contribution is 5.76. The van der Waals surface area contributed by atoms with Gasteiger partial charge in [-0.05, 0) is 20.3 Å². The molecule has 3 atom stereocenters. The lowest BCUT2D eigenvalue weighted by atomic mass is 10.1. The minimum absolute atomic E-state index is 0.175. The summed E-state index contributed by atoms with van der Waals surface area (Å²) in [7, 11) is 1.44. The molecule has 32 heavy (non-hydrogen) atoms. The van der Waals surface area contributed by atoms with Crippen LogP contribution in [0.5, 0.6) is 0 Å². The summed E-state index contributed by atoms with van der Waals surface area (Å²) in [5.41, 5.74) is 0.408. The SMILES string of the molecule is Cn1c(=O)c2nc(-c3cnnn3C[C@@H]3OC(C)(C)O[C@H]3C(O)CO)n3c2n(c1=O)CCC3. The maximum absolute atomic E-state index is 12.7. The monoisotopic (exact) mass is 447 g/mol. The lowest BCUT2D eigenvalue weighted by Crippen LogP contribution is -2.40. The number of hydrogen-bond donors (Lipinski definition) is 2. The average Bonchev–Trinajstić information content (AvgIpc) is 3.45. The number of aliphatic hydroxyl groups excluding tert-OH is 2. The van der Waals surface area contributed by atoms with Crippen LogP contribution in [0.3, 0.4) is 0 Å². The summed E-state index contributed by atoms with van der Waals surface area (Å²) in [6.45, 7) is 4.26. The third kappa shape index (κ3) is 3.11. The Morgan fingerprint density at radius 2 is 2.00 bits per heavy atom. The molecule has 13 heteroatoms. The van der Waals surface area contributed by atoms with Crippen molar-refractivity contribution in [3.63, 3.8) is 0 Å². The Balaban J connectivity index is 1.59. The van der Waals surface area contributed by atoms with Crippen molar-refractivity contribution in [2.45, 2.75) is 64.0 Å². The first kappa shape index (κ1) is 21.0. The molecule has 5 rings (SSSR count). The van der Waals surface area contributed by atoms with E-state index < -0.39 is 36.3 Å². The second-order valence-corrected chi connectivity index (χ2v) is 8.60. The van der Waals surface area contributed by atoms with Crippen LogP contribution in [-0.2, 0) is 36.2 Å². The first-order chi connectivity index (χ1) is 15.2. The zero-order chi connectivity index (χ0) is 22.8. The Morgan fingerprint density at radius 1 is 1.25 bits per heavy atom. The van der Waals surface area contributed by atoms with E-state index in [4.69, 9.17) is 9.47 Å². The van der Waals surface area contributed by atoms with E-state index in [9.17, 15) is 19.8 Å². The van der Waals surface area contributed by atoms with Crippen molar-refractivity contribution < 1.29 is 19.7 Å². The van der Waals surface area contributed by atoms with Crippen LogP contribution in [0.25, 0.3) is 22.7 Å². The molecule has 1 saturated heterocycles. The van der Waals surface area contributed by atoms with Crippen LogP contribution in [0.1, 0.15) is 20.3 Å². The Morgan fingerprint density at radius 3 is 2.75 bits per heavy atom. The van der Waals surface area contributed by atoms with Crippen molar-refractivity contribution in [2.24, 2.45) is 7.05 Å². The highest BCUT2D eigenvalue weighted by atomic mass is 16.8. The molecule has 2 N–H and O–H groups in total. The molecule has 0 aromatic carbocycles. The van der Waals surface area contributed by atoms with Gasteiger partial charge in [0.25, 0.3) is 5.56 Å². The molecule has 0 bridgehead atoms. The molecule has 0 aliphatic carbocycles. The summed E-state index contributed by atoms with van der Waals surface area (Å²) in [5.74, 6) is -0.471. The first-order valence-corrected chi connectivity index (χ1v) is 10.5. The van der Waals surface area contributed by atoms with Crippen LogP contribution in [0, 0.1) is 0 Å². The zero-order valence-corrected chi connectivity index (χ0v) is 18.0. The van der Waals surface area contributed by atoms with Crippen molar-refractivity contribution in [2.75, 3.05) is 6.61 Å². The number of imidazole rings is 1. The Hall–Kier alpha value is -2.87. The van der Waals surface area contributed by atoms with Gasteiger partial charge in [-0.3, -0.25) is 13.9 Å². The molecule has 0 amide bonds. The predicted octanol–water partition coefficient (Wildman–Crippen LogP) is -1.57. The third-order valence-electron chi connectivity index (χ3n) is 5.97. The van der Waals surface area contributed by atoms with E-state index in [0.717, 1.165) is 4.57 Å². The molecule has 2 aliphatic rings. The second kappa shape index (κ2) is 7.33. The summed E-state index contributed by atoms with van der Waals surface area (Å²) in [6.07, 6.45) is -0.248. The number of aliphatic hydroxyl groups is 2. The number of aromatic nitrogens is 7. The standard InChI is InChI=1S/C19H25N7O6/c1-19(2)31-12(14(32-19)11(28)9-27)8-26-10(7-20-22-26)15-21-13-16-24(15)5-4-6-25(16)18(30)23(3)17(13)29/h7,11-12,14,27-28H,4-6,8-9H2,1-3H3/t11?,12-,14-/m0/s1. The van der Waals surface area contributed by atoms with Gasteiger partial charge >= 0.3 is 5.69 Å². The second-order valence-electron chi connectivity index (χ2n) is 8.60. The minimum atomic E-state index is -1.12. The maximum atomic E-state index is 12.7. The predicted molar refractivity (Wildman–Crippen MR) is 110 cm³/mol. The summed E-state index contributed by atoms with van der Waals surface area (Å²) >= 11 is 0. The quantitative estimate of drug-likeness (QED) is 0.473. The van der Waals surface area contributed by atoms with Gasteiger partial charge in [-0.25, -0.2) is 14.5 Å². The molecule has 1 fully saturated rings. The van der Waals surface area contributed by atoms with Crippen LogP contribution >= 0.6 is 0 Å². The number of hydrogen-bond acceptors (Lipinski definition) is 9. The van der Waals surface area contributed by atoms with E-state index in [2.05, 4.69) is 15.3 Å². The Labute approximate surface area is 181 Å². The van der Waals surface area contributed by atoms with E-state index in [1.807, 2.05) is 4.57 Å². The number of rotatable bonds is 5. The third-order valence-corrected chi connectivity index (χ3v) is 5.97. The summed E-state index contributed by atoms with van der Waals surface area (Å²) < 4.78 is 17.7. The molecular formula is C19H25N7O6. The lowest BCUT2D eigenvalue weighted by Gasteiger charge is -2.21. The van der Waals surface area contributed by atoms with Gasteiger partial charge in [0, 0.05) is 20.1 Å². The topological polar surface area (TPSA) is 151 Å². The van der Waals surface area contributed by atoms with Crippen LogP contribution in [0.15, 0.2) is 15.8 Å². The van der Waals surface area contributed by atoms with Crippen molar-refractivity contribution in [1.82, 2.24) is 33.7 Å². The molecule has 172 valence electrons. The zero-order valence-electron chi connectivity index (χ0n) is 18.0. The number of aryl methyl sites for hydroxylation is 2. The summed E-state index contributed by atoms with van der Waals surface area (Å²) in [5, 5.41) is 27.7. The Kier molecular flexibility index (Phi) is 4.81. The summed E-state index contributed by atoms with van der Waals surface area (Å²) in [6, 6.07) is 0. The van der Waals surface area contributed by atoms with Gasteiger partial charge in [0.15, 0.2) is 22.8 Å².